The third kappa shape index (κ3) is 3.66. The first kappa shape index (κ1) is 16.5. The maximum Gasteiger partial charge on any atom is 0.307 e. The molecule has 1 aliphatic rings. The number of para-hydroxylation sites is 1. The second-order valence-electron chi connectivity index (χ2n) is 4.40. The number of methoxy groups -OCH3 is 2. The molecule has 1 aliphatic heterocycles. The predicted molar refractivity (Wildman–Crippen MR) is 89.5 cm³/mol. The highest BCUT2D eigenvalue weighted by atomic mass is 32.2. The first-order valence-corrected chi connectivity index (χ1v) is 7.74. The van der Waals surface area contributed by atoms with Crippen LogP contribution in [0.1, 0.15) is 12.0 Å². The number of nitrogens with zero attached hydrogens (tertiary/aromatic N) is 1. The minimum Gasteiger partial charge on any atom is -0.496 e. The highest BCUT2D eigenvalue weighted by Crippen LogP contribution is 2.34. The average Bonchev–Trinajstić information content (AvgIpc) is 2.79. The van der Waals surface area contributed by atoms with Gasteiger partial charge in [-0.3, -0.25) is 14.5 Å². The lowest BCUT2D eigenvalue weighted by Gasteiger charge is -2.13. The molecule has 7 heteroatoms. The van der Waals surface area contributed by atoms with Crippen LogP contribution in [0.2, 0.25) is 0 Å². The van der Waals surface area contributed by atoms with Crippen molar-refractivity contribution in [2.45, 2.75) is 6.42 Å². The lowest BCUT2D eigenvalue weighted by molar-refractivity contribution is -0.140. The molecule has 1 amide bonds. The van der Waals surface area contributed by atoms with Crippen molar-refractivity contribution in [2.24, 2.45) is 0 Å². The maximum absolute atomic E-state index is 12.4. The molecule has 0 aliphatic carbocycles. The SMILES string of the molecule is COC(=O)CCN1C(=O)/C(=C\c2ccccc2OC)SC1=S. The number of thiocarbonyl (C=S) groups is 1. The second kappa shape index (κ2) is 7.42. The van der Waals surface area contributed by atoms with Crippen LogP contribution in [-0.4, -0.2) is 41.9 Å². The van der Waals surface area contributed by atoms with Crippen molar-refractivity contribution in [3.8, 4) is 5.75 Å². The van der Waals surface area contributed by atoms with Gasteiger partial charge in [-0.25, -0.2) is 0 Å². The van der Waals surface area contributed by atoms with Crippen LogP contribution in [0.3, 0.4) is 0 Å². The highest BCUT2D eigenvalue weighted by Gasteiger charge is 2.32. The first-order chi connectivity index (χ1) is 10.6. The van der Waals surface area contributed by atoms with E-state index >= 15 is 0 Å². The van der Waals surface area contributed by atoms with E-state index < -0.39 is 0 Å². The van der Waals surface area contributed by atoms with Crippen molar-refractivity contribution >= 4 is 46.3 Å². The lowest BCUT2D eigenvalue weighted by atomic mass is 10.2. The molecule has 0 unspecified atom stereocenters. The lowest BCUT2D eigenvalue weighted by Crippen LogP contribution is -2.30. The monoisotopic (exact) mass is 337 g/mol. The number of benzene rings is 1. The highest BCUT2D eigenvalue weighted by molar-refractivity contribution is 8.26. The van der Waals surface area contributed by atoms with Crippen molar-refractivity contribution in [1.82, 2.24) is 4.90 Å². The molecule has 0 bridgehead atoms. The summed E-state index contributed by atoms with van der Waals surface area (Å²) in [5, 5.41) is 0. The van der Waals surface area contributed by atoms with Crippen molar-refractivity contribution in [3.05, 3.63) is 34.7 Å². The minimum absolute atomic E-state index is 0.116. The number of rotatable bonds is 5. The Morgan fingerprint density at radius 1 is 1.36 bits per heavy atom. The summed E-state index contributed by atoms with van der Waals surface area (Å²) in [4.78, 5) is 25.5. The summed E-state index contributed by atoms with van der Waals surface area (Å²) in [6.07, 6.45) is 1.86. The molecule has 116 valence electrons. The van der Waals surface area contributed by atoms with E-state index in [1.165, 1.54) is 23.8 Å². The number of hydrogen-bond acceptors (Lipinski definition) is 6. The molecule has 0 aromatic heterocycles. The quantitative estimate of drug-likeness (QED) is 0.467. The van der Waals surface area contributed by atoms with Crippen molar-refractivity contribution < 1.29 is 19.1 Å². The average molecular weight is 337 g/mol. The summed E-state index contributed by atoms with van der Waals surface area (Å²) in [6.45, 7) is 0.223. The first-order valence-electron chi connectivity index (χ1n) is 6.52. The summed E-state index contributed by atoms with van der Waals surface area (Å²) >= 11 is 6.42. The van der Waals surface area contributed by atoms with E-state index in [0.717, 1.165) is 5.56 Å². The van der Waals surface area contributed by atoms with Crippen LogP contribution in [-0.2, 0) is 14.3 Å². The Kier molecular flexibility index (Phi) is 5.57. The molecular weight excluding hydrogens is 322 g/mol. The van der Waals surface area contributed by atoms with Crippen LogP contribution >= 0.6 is 24.0 Å². The van der Waals surface area contributed by atoms with Crippen LogP contribution in [0.25, 0.3) is 6.08 Å². The van der Waals surface area contributed by atoms with Gasteiger partial charge < -0.3 is 9.47 Å². The fourth-order valence-corrected chi connectivity index (χ4v) is 3.22. The Labute approximate surface area is 138 Å². The van der Waals surface area contributed by atoms with Gasteiger partial charge in [0.25, 0.3) is 5.91 Å². The summed E-state index contributed by atoms with van der Waals surface area (Å²) in [6, 6.07) is 7.41. The van der Waals surface area contributed by atoms with Crippen LogP contribution in [0.15, 0.2) is 29.2 Å². The number of hydrogen-bond donors (Lipinski definition) is 0. The van der Waals surface area contributed by atoms with Crippen molar-refractivity contribution in [1.29, 1.82) is 0 Å². The van der Waals surface area contributed by atoms with Gasteiger partial charge in [-0.15, -0.1) is 0 Å². The minimum atomic E-state index is -0.372. The topological polar surface area (TPSA) is 55.8 Å². The number of carbonyl (C=O) groups is 2. The molecule has 2 rings (SSSR count). The van der Waals surface area contributed by atoms with Gasteiger partial charge in [0.15, 0.2) is 0 Å². The number of carbonyl (C=O) groups excluding carboxylic acids is 2. The number of esters is 1. The van der Waals surface area contributed by atoms with Gasteiger partial charge in [0.05, 0.1) is 25.5 Å². The fourth-order valence-electron chi connectivity index (χ4n) is 1.92. The van der Waals surface area contributed by atoms with Gasteiger partial charge in [-0.2, -0.15) is 0 Å². The Morgan fingerprint density at radius 3 is 2.77 bits per heavy atom. The summed E-state index contributed by atoms with van der Waals surface area (Å²) in [7, 11) is 2.89. The molecule has 1 fully saturated rings. The summed E-state index contributed by atoms with van der Waals surface area (Å²) in [5.74, 6) is 0.106. The summed E-state index contributed by atoms with van der Waals surface area (Å²) in [5.41, 5.74) is 0.804. The molecule has 22 heavy (non-hydrogen) atoms. The van der Waals surface area contributed by atoms with Crippen LogP contribution < -0.4 is 4.74 Å². The Hall–Kier alpha value is -1.86. The molecule has 0 atom stereocenters. The van der Waals surface area contributed by atoms with E-state index in [1.807, 2.05) is 24.3 Å². The molecule has 0 saturated carbocycles. The molecule has 0 N–H and O–H groups in total. The number of thioether (sulfide) groups is 1. The van der Waals surface area contributed by atoms with Crippen molar-refractivity contribution in [2.75, 3.05) is 20.8 Å². The Bertz CT molecular complexity index is 642. The maximum atomic E-state index is 12.4. The Balaban J connectivity index is 2.17. The van der Waals surface area contributed by atoms with Crippen LogP contribution in [0.5, 0.6) is 5.75 Å². The van der Waals surface area contributed by atoms with E-state index in [4.69, 9.17) is 17.0 Å². The standard InChI is InChI=1S/C15H15NO4S2/c1-19-11-6-4-3-5-10(11)9-12-14(18)16(15(21)22-12)8-7-13(17)20-2/h3-6,9H,7-8H2,1-2H3/b12-9+. The van der Waals surface area contributed by atoms with Gasteiger partial charge in [-0.1, -0.05) is 42.2 Å². The third-order valence-electron chi connectivity index (χ3n) is 3.07. The zero-order chi connectivity index (χ0) is 16.1. The van der Waals surface area contributed by atoms with Crippen LogP contribution in [0.4, 0.5) is 0 Å². The van der Waals surface area contributed by atoms with E-state index in [0.29, 0.717) is 15.0 Å². The van der Waals surface area contributed by atoms with E-state index in [2.05, 4.69) is 4.74 Å². The van der Waals surface area contributed by atoms with E-state index in [1.54, 1.807) is 13.2 Å². The second-order valence-corrected chi connectivity index (χ2v) is 6.08. The number of ether oxygens (including phenoxy) is 2. The normalized spacial score (nSPS) is 16.3. The van der Waals surface area contributed by atoms with Gasteiger partial charge in [0, 0.05) is 12.1 Å². The molecule has 0 radical (unpaired) electrons. The number of amides is 1. The zero-order valence-electron chi connectivity index (χ0n) is 12.2. The van der Waals surface area contributed by atoms with Gasteiger partial charge in [-0.05, 0) is 12.1 Å². The molecule has 0 spiro atoms. The largest absolute Gasteiger partial charge is 0.496 e. The Morgan fingerprint density at radius 2 is 2.09 bits per heavy atom. The van der Waals surface area contributed by atoms with Crippen LogP contribution in [0, 0.1) is 0 Å². The molecule has 1 aromatic carbocycles. The van der Waals surface area contributed by atoms with Gasteiger partial charge in [0.2, 0.25) is 0 Å². The van der Waals surface area contributed by atoms with E-state index in [-0.39, 0.29) is 24.8 Å². The van der Waals surface area contributed by atoms with E-state index in [9.17, 15) is 9.59 Å². The zero-order valence-corrected chi connectivity index (χ0v) is 13.8. The van der Waals surface area contributed by atoms with Gasteiger partial charge >= 0.3 is 5.97 Å². The molecular formula is C15H15NO4S2. The van der Waals surface area contributed by atoms with Gasteiger partial charge in [0.1, 0.15) is 10.1 Å². The summed E-state index contributed by atoms with van der Waals surface area (Å²) < 4.78 is 10.3. The predicted octanol–water partition coefficient (Wildman–Crippen LogP) is 2.46. The smallest absolute Gasteiger partial charge is 0.307 e. The van der Waals surface area contributed by atoms with Crippen molar-refractivity contribution in [3.63, 3.8) is 0 Å². The third-order valence-corrected chi connectivity index (χ3v) is 4.44. The molecule has 1 saturated heterocycles. The molecule has 1 aromatic rings. The molecule has 5 nitrogen and oxygen atoms in total. The molecule has 1 heterocycles. The fraction of sp³-hybridized carbons (Fsp3) is 0.267.